The van der Waals surface area contributed by atoms with Crippen molar-refractivity contribution in [3.8, 4) is 0 Å². The molecule has 3 heterocycles. The average Bonchev–Trinajstić information content (AvgIpc) is 3.93. The van der Waals surface area contributed by atoms with Crippen molar-refractivity contribution in [2.45, 2.75) is 101 Å². The molecule has 0 spiro atoms. The Hall–Kier alpha value is -4.20. The summed E-state index contributed by atoms with van der Waals surface area (Å²) >= 11 is 0. The lowest BCUT2D eigenvalue weighted by molar-refractivity contribution is -0.143. The lowest BCUT2D eigenvalue weighted by atomic mass is 10.0. The summed E-state index contributed by atoms with van der Waals surface area (Å²) in [5.74, 6) is -3.19. The van der Waals surface area contributed by atoms with E-state index in [4.69, 9.17) is 4.74 Å². The van der Waals surface area contributed by atoms with Crippen LogP contribution < -0.4 is 15.4 Å². The molecule has 1 saturated heterocycles. The molecule has 5 amide bonds. The number of hydrogen-bond acceptors (Lipinski definition) is 8. The highest BCUT2D eigenvalue weighted by molar-refractivity contribution is 7.91. The third-order valence-corrected chi connectivity index (χ3v) is 11.8. The van der Waals surface area contributed by atoms with Gasteiger partial charge in [-0.2, -0.15) is 0 Å². The highest BCUT2D eigenvalue weighted by Crippen LogP contribution is 2.45. The second-order valence-electron chi connectivity index (χ2n) is 13.9. The van der Waals surface area contributed by atoms with Crippen LogP contribution in [0.3, 0.4) is 0 Å². The predicted molar refractivity (Wildman–Crippen MR) is 175 cm³/mol. The first-order valence-electron chi connectivity index (χ1n) is 16.7. The van der Waals surface area contributed by atoms with E-state index in [2.05, 4.69) is 21.9 Å². The number of carbonyl (C=O) groups excluding carboxylic acids is 5. The fourth-order valence-corrected chi connectivity index (χ4v) is 8.24. The Labute approximate surface area is 280 Å². The third-order valence-electron chi connectivity index (χ3n) is 9.96. The molecule has 6 rings (SSSR count). The number of nitrogens with one attached hydrogen (secondary N) is 3. The Kier molecular flexibility index (Phi) is 9.14. The molecule has 258 valence electrons. The quantitative estimate of drug-likeness (QED) is 0.368. The number of sulfonamides is 1. The van der Waals surface area contributed by atoms with Gasteiger partial charge in [0.1, 0.15) is 23.7 Å². The van der Waals surface area contributed by atoms with Crippen LogP contribution in [-0.4, -0.2) is 83.5 Å². The lowest BCUT2D eigenvalue weighted by Gasteiger charge is -2.31. The van der Waals surface area contributed by atoms with Gasteiger partial charge in [0.05, 0.1) is 18.3 Å². The van der Waals surface area contributed by atoms with Crippen molar-refractivity contribution >= 4 is 45.8 Å². The van der Waals surface area contributed by atoms with Crippen molar-refractivity contribution in [1.82, 2.24) is 25.2 Å². The molecular weight excluding hydrogens is 638 g/mol. The molecular formula is C34H43N5O8S. The van der Waals surface area contributed by atoms with Gasteiger partial charge in [-0.3, -0.25) is 28.8 Å². The molecule has 5 aliphatic rings. The number of carbonyl (C=O) groups is 5. The van der Waals surface area contributed by atoms with Crippen LogP contribution >= 0.6 is 0 Å². The first-order chi connectivity index (χ1) is 22.8. The zero-order valence-corrected chi connectivity index (χ0v) is 28.1. The fourth-order valence-electron chi connectivity index (χ4n) is 6.87. The molecule has 2 saturated carbocycles. The summed E-state index contributed by atoms with van der Waals surface area (Å²) in [7, 11) is -3.88. The average molecular weight is 682 g/mol. The van der Waals surface area contributed by atoms with Gasteiger partial charge < -0.3 is 20.3 Å². The summed E-state index contributed by atoms with van der Waals surface area (Å²) in [6.07, 6.45) is 6.48. The maximum absolute atomic E-state index is 14.1. The first kappa shape index (κ1) is 33.7. The summed E-state index contributed by atoms with van der Waals surface area (Å²) in [5.41, 5.74) is 1.46. The van der Waals surface area contributed by atoms with E-state index < -0.39 is 68.7 Å². The molecule has 3 fully saturated rings. The number of nitrogens with zero attached hydrogens (tertiary/aromatic N) is 2. The highest BCUT2D eigenvalue weighted by atomic mass is 32.2. The predicted octanol–water partition coefficient (Wildman–Crippen LogP) is 2.12. The molecule has 13 nitrogen and oxygen atoms in total. The van der Waals surface area contributed by atoms with Crippen LogP contribution in [0.15, 0.2) is 36.9 Å². The Morgan fingerprint density at radius 2 is 1.94 bits per heavy atom. The normalized spacial score (nSPS) is 29.8. The number of hydrogen-bond donors (Lipinski definition) is 3. The number of ether oxygens (including phenoxy) is 1. The molecule has 2 aliphatic carbocycles. The van der Waals surface area contributed by atoms with Crippen LogP contribution in [0, 0.1) is 11.8 Å². The van der Waals surface area contributed by atoms with Gasteiger partial charge in [0.2, 0.25) is 27.7 Å². The van der Waals surface area contributed by atoms with Crippen LogP contribution in [-0.2, 0) is 47.0 Å². The fraction of sp³-hybridized carbons (Fsp3) is 0.559. The summed E-state index contributed by atoms with van der Waals surface area (Å²) < 4.78 is 33.2. The van der Waals surface area contributed by atoms with E-state index >= 15 is 0 Å². The van der Waals surface area contributed by atoms with Crippen LogP contribution in [0.5, 0.6) is 0 Å². The van der Waals surface area contributed by atoms with Gasteiger partial charge in [-0.05, 0) is 54.7 Å². The first-order valence-corrected chi connectivity index (χ1v) is 18.2. The molecule has 0 aromatic heterocycles. The van der Waals surface area contributed by atoms with Gasteiger partial charge in [0.25, 0.3) is 5.91 Å². The minimum atomic E-state index is -3.88. The van der Waals surface area contributed by atoms with E-state index in [0.29, 0.717) is 38.8 Å². The second-order valence-corrected chi connectivity index (χ2v) is 15.8. The highest BCUT2D eigenvalue weighted by Gasteiger charge is 2.62. The molecule has 48 heavy (non-hydrogen) atoms. The number of allylic oxidation sites excluding steroid dienone is 1. The number of rotatable bonds is 7. The van der Waals surface area contributed by atoms with Gasteiger partial charge >= 0.3 is 6.09 Å². The van der Waals surface area contributed by atoms with E-state index in [0.717, 1.165) is 16.7 Å². The second kappa shape index (κ2) is 13.0. The van der Waals surface area contributed by atoms with Crippen molar-refractivity contribution in [2.75, 3.05) is 6.54 Å². The Morgan fingerprint density at radius 3 is 2.62 bits per heavy atom. The molecule has 4 bridgehead atoms. The molecule has 0 unspecified atom stereocenters. The van der Waals surface area contributed by atoms with Gasteiger partial charge in [0, 0.05) is 25.3 Å². The van der Waals surface area contributed by atoms with Gasteiger partial charge in [-0.15, -0.1) is 6.58 Å². The van der Waals surface area contributed by atoms with Crippen LogP contribution in [0.25, 0.3) is 6.08 Å². The topological polar surface area (TPSA) is 171 Å². The number of amides is 5. The monoisotopic (exact) mass is 681 g/mol. The smallest absolute Gasteiger partial charge is 0.410 e. The van der Waals surface area contributed by atoms with E-state index in [1.165, 1.54) is 11.0 Å². The van der Waals surface area contributed by atoms with Crippen molar-refractivity contribution in [1.29, 1.82) is 0 Å². The van der Waals surface area contributed by atoms with E-state index in [1.807, 2.05) is 30.4 Å². The SMILES string of the molecule is C=C[C@H]1C[C@]1(NC(=O)[C@@H]1C[C@@H]2CN1C(=O)[C@H](C(C)C)NC(=O)CCC/C=C/c1cccc3c1CN(C3)C(=O)O2)C(=O)NS(=O)(=O)C1CC1. The third kappa shape index (κ3) is 6.71. The van der Waals surface area contributed by atoms with Gasteiger partial charge in [0.15, 0.2) is 0 Å². The zero-order chi connectivity index (χ0) is 34.4. The zero-order valence-electron chi connectivity index (χ0n) is 27.3. The maximum Gasteiger partial charge on any atom is 0.410 e. The minimum Gasteiger partial charge on any atom is -0.444 e. The standard InChI is InChI=1S/C34H43N5O8S/c1-4-23-16-34(23,32(43)37-48(45,46)25-13-14-25)36-30(41)27-15-24-18-39(27)31(42)29(20(2)3)35-28(40)12-7-5-6-9-21-10-8-11-22-17-38(19-26(21)22)33(44)47-24/h4,6,8-11,20,23-25,27,29H,1,5,7,12-19H2,2-3H3,(H,35,40)(H,36,41)(H,37,43)/b9-6+/t23-,24+,27-,29-,34+/m0/s1. The maximum atomic E-state index is 14.1. The summed E-state index contributed by atoms with van der Waals surface area (Å²) in [5, 5.41) is 4.95. The molecule has 1 aromatic carbocycles. The number of benzene rings is 1. The minimum absolute atomic E-state index is 0.0479. The van der Waals surface area contributed by atoms with Crippen molar-refractivity contribution in [3.63, 3.8) is 0 Å². The van der Waals surface area contributed by atoms with E-state index in [-0.39, 0.29) is 37.6 Å². The molecule has 3 N–H and O–H groups in total. The largest absolute Gasteiger partial charge is 0.444 e. The summed E-state index contributed by atoms with van der Waals surface area (Å²) in [6.45, 7) is 7.91. The Balaban J connectivity index is 1.26. The molecule has 5 atom stereocenters. The van der Waals surface area contributed by atoms with Gasteiger partial charge in [-0.1, -0.05) is 50.3 Å². The van der Waals surface area contributed by atoms with Crippen molar-refractivity contribution in [2.24, 2.45) is 11.8 Å². The van der Waals surface area contributed by atoms with Crippen LogP contribution in [0.4, 0.5) is 4.79 Å². The molecule has 0 radical (unpaired) electrons. The van der Waals surface area contributed by atoms with E-state index in [1.54, 1.807) is 18.7 Å². The molecule has 3 aliphatic heterocycles. The van der Waals surface area contributed by atoms with Crippen molar-refractivity contribution in [3.05, 3.63) is 53.6 Å². The Bertz CT molecular complexity index is 1670. The van der Waals surface area contributed by atoms with Gasteiger partial charge in [-0.25, -0.2) is 13.2 Å². The summed E-state index contributed by atoms with van der Waals surface area (Å²) in [4.78, 5) is 70.8. The van der Waals surface area contributed by atoms with Crippen LogP contribution in [0.2, 0.25) is 0 Å². The van der Waals surface area contributed by atoms with Crippen molar-refractivity contribution < 1.29 is 37.1 Å². The molecule has 1 aromatic rings. The molecule has 14 heteroatoms. The summed E-state index contributed by atoms with van der Waals surface area (Å²) in [6, 6.07) is 3.77. The lowest BCUT2D eigenvalue weighted by Crippen LogP contribution is -2.59. The number of fused-ring (bicyclic) bond motifs is 3. The van der Waals surface area contributed by atoms with Crippen LogP contribution in [0.1, 0.15) is 75.5 Å². The van der Waals surface area contributed by atoms with E-state index in [9.17, 15) is 32.4 Å². The Morgan fingerprint density at radius 1 is 1.17 bits per heavy atom.